The summed E-state index contributed by atoms with van der Waals surface area (Å²) in [4.78, 5) is 7.14. The number of rotatable bonds is 3. The molecule has 3 unspecified atom stereocenters. The summed E-state index contributed by atoms with van der Waals surface area (Å²) in [5.41, 5.74) is 1.72. The molecular weight excluding hydrogens is 308 g/mol. The highest BCUT2D eigenvalue weighted by molar-refractivity contribution is 5.44. The molecule has 3 atom stereocenters. The number of nitrogens with zero attached hydrogens (tertiary/aromatic N) is 2. The highest BCUT2D eigenvalue weighted by atomic mass is 16.3. The molecule has 2 heterocycles. The van der Waals surface area contributed by atoms with Crippen LogP contribution in [-0.4, -0.2) is 22.7 Å². The average molecular weight is 336 g/mol. The van der Waals surface area contributed by atoms with Gasteiger partial charge in [0.15, 0.2) is 0 Å². The molecule has 1 aliphatic heterocycles. The van der Waals surface area contributed by atoms with Crippen LogP contribution in [0.5, 0.6) is 0 Å². The van der Waals surface area contributed by atoms with E-state index in [1.807, 2.05) is 24.4 Å². The highest BCUT2D eigenvalue weighted by Crippen LogP contribution is 2.47. The van der Waals surface area contributed by atoms with Crippen LogP contribution in [0.25, 0.3) is 0 Å². The lowest BCUT2D eigenvalue weighted by molar-refractivity contribution is -0.0690. The van der Waals surface area contributed by atoms with Crippen molar-refractivity contribution in [1.29, 1.82) is 0 Å². The Hall–Kier alpha value is -1.87. The number of hydrogen-bond donors (Lipinski definition) is 1. The Kier molecular flexibility index (Phi) is 4.51. The molecule has 2 fully saturated rings. The van der Waals surface area contributed by atoms with E-state index in [0.29, 0.717) is 6.04 Å². The first-order chi connectivity index (χ1) is 12.2. The first kappa shape index (κ1) is 16.6. The van der Waals surface area contributed by atoms with Crippen LogP contribution >= 0.6 is 0 Å². The van der Waals surface area contributed by atoms with Gasteiger partial charge in [-0.3, -0.25) is 0 Å². The van der Waals surface area contributed by atoms with Gasteiger partial charge in [0.05, 0.1) is 5.60 Å². The predicted octanol–water partition coefficient (Wildman–Crippen LogP) is 4.30. The van der Waals surface area contributed by atoms with Gasteiger partial charge in [-0.1, -0.05) is 50.1 Å². The number of piperidine rings is 1. The van der Waals surface area contributed by atoms with E-state index in [4.69, 9.17) is 0 Å². The Morgan fingerprint density at radius 2 is 1.96 bits per heavy atom. The van der Waals surface area contributed by atoms with Crippen LogP contribution in [0.3, 0.4) is 0 Å². The number of benzene rings is 1. The zero-order chi connectivity index (χ0) is 17.3. The van der Waals surface area contributed by atoms with Gasteiger partial charge in [-0.05, 0) is 48.9 Å². The summed E-state index contributed by atoms with van der Waals surface area (Å²) >= 11 is 0. The van der Waals surface area contributed by atoms with E-state index < -0.39 is 5.60 Å². The minimum absolute atomic E-state index is 0.282. The highest BCUT2D eigenvalue weighted by Gasteiger charge is 2.49. The van der Waals surface area contributed by atoms with Crippen LogP contribution in [0.1, 0.15) is 50.2 Å². The van der Waals surface area contributed by atoms with Gasteiger partial charge in [0.2, 0.25) is 0 Å². The molecule has 2 aromatic rings. The van der Waals surface area contributed by atoms with Crippen LogP contribution in [-0.2, 0) is 12.0 Å². The van der Waals surface area contributed by atoms with Gasteiger partial charge in [0.25, 0.3) is 0 Å². The van der Waals surface area contributed by atoms with Crippen LogP contribution in [0.15, 0.2) is 48.7 Å². The zero-order valence-corrected chi connectivity index (χ0v) is 15.1. The summed E-state index contributed by atoms with van der Waals surface area (Å²) in [6.07, 6.45) is 8.45. The molecule has 0 spiro atoms. The number of pyridine rings is 1. The van der Waals surface area contributed by atoms with Crippen molar-refractivity contribution in [3.05, 3.63) is 59.8 Å². The maximum absolute atomic E-state index is 11.7. The van der Waals surface area contributed by atoms with Crippen LogP contribution in [0, 0.1) is 5.92 Å². The third-order valence-corrected chi connectivity index (χ3v) is 6.26. The van der Waals surface area contributed by atoms with Crippen molar-refractivity contribution in [2.75, 3.05) is 11.4 Å². The normalized spacial score (nSPS) is 29.3. The van der Waals surface area contributed by atoms with E-state index in [9.17, 15) is 5.11 Å². The molecular formula is C22H28N2O. The molecule has 1 aromatic heterocycles. The lowest BCUT2D eigenvalue weighted by atomic mass is 9.66. The molecule has 1 aromatic carbocycles. The third-order valence-electron chi connectivity index (χ3n) is 6.26. The first-order valence-corrected chi connectivity index (χ1v) is 9.72. The molecule has 2 aliphatic rings. The van der Waals surface area contributed by atoms with Gasteiger partial charge < -0.3 is 10.0 Å². The molecule has 0 radical (unpaired) electrons. The van der Waals surface area contributed by atoms with Crippen LogP contribution in [0.2, 0.25) is 0 Å². The second-order valence-corrected chi connectivity index (χ2v) is 7.57. The fraction of sp³-hybridized carbons (Fsp3) is 0.500. The Balaban J connectivity index is 1.68. The Bertz CT molecular complexity index is 717. The van der Waals surface area contributed by atoms with Crippen molar-refractivity contribution in [3.63, 3.8) is 0 Å². The predicted molar refractivity (Wildman–Crippen MR) is 102 cm³/mol. The van der Waals surface area contributed by atoms with E-state index in [1.54, 1.807) is 0 Å². The second-order valence-electron chi connectivity index (χ2n) is 7.57. The molecule has 3 nitrogen and oxygen atoms in total. The Morgan fingerprint density at radius 3 is 2.76 bits per heavy atom. The Morgan fingerprint density at radius 1 is 1.16 bits per heavy atom. The van der Waals surface area contributed by atoms with Crippen molar-refractivity contribution in [3.8, 4) is 0 Å². The SMILES string of the molecule is CCc1ccnc(N2CCC(O)(c3ccccc3)C3CCCCC32)c1. The van der Waals surface area contributed by atoms with E-state index in [-0.39, 0.29) is 5.92 Å². The van der Waals surface area contributed by atoms with E-state index in [2.05, 4.69) is 41.1 Å². The summed E-state index contributed by atoms with van der Waals surface area (Å²) in [6, 6.07) is 15.0. The number of aryl methyl sites for hydroxylation is 1. The third kappa shape index (κ3) is 2.95. The van der Waals surface area contributed by atoms with Gasteiger partial charge in [0.1, 0.15) is 5.82 Å². The second kappa shape index (κ2) is 6.80. The van der Waals surface area contributed by atoms with Gasteiger partial charge >= 0.3 is 0 Å². The summed E-state index contributed by atoms with van der Waals surface area (Å²) in [5.74, 6) is 1.37. The number of fused-ring (bicyclic) bond motifs is 1. The monoisotopic (exact) mass is 336 g/mol. The smallest absolute Gasteiger partial charge is 0.128 e. The maximum Gasteiger partial charge on any atom is 0.128 e. The lowest BCUT2D eigenvalue weighted by Gasteiger charge is -2.53. The summed E-state index contributed by atoms with van der Waals surface area (Å²) in [6.45, 7) is 3.06. The fourth-order valence-corrected chi connectivity index (χ4v) is 4.89. The van der Waals surface area contributed by atoms with Crippen molar-refractivity contribution in [2.45, 2.75) is 57.1 Å². The molecule has 3 heteroatoms. The topological polar surface area (TPSA) is 36.4 Å². The van der Waals surface area contributed by atoms with Gasteiger partial charge in [-0.15, -0.1) is 0 Å². The molecule has 4 rings (SSSR count). The first-order valence-electron chi connectivity index (χ1n) is 9.72. The maximum atomic E-state index is 11.7. The van der Waals surface area contributed by atoms with E-state index in [0.717, 1.165) is 43.6 Å². The lowest BCUT2D eigenvalue weighted by Crippen LogP contribution is -2.57. The van der Waals surface area contributed by atoms with E-state index in [1.165, 1.54) is 18.4 Å². The molecule has 1 saturated heterocycles. The fourth-order valence-electron chi connectivity index (χ4n) is 4.89. The van der Waals surface area contributed by atoms with Gasteiger partial charge in [-0.2, -0.15) is 0 Å². The molecule has 1 N–H and O–H groups in total. The molecule has 0 bridgehead atoms. The minimum Gasteiger partial charge on any atom is -0.385 e. The van der Waals surface area contributed by atoms with Gasteiger partial charge in [-0.25, -0.2) is 4.98 Å². The van der Waals surface area contributed by atoms with Crippen molar-refractivity contribution < 1.29 is 5.11 Å². The van der Waals surface area contributed by atoms with Crippen molar-refractivity contribution >= 4 is 5.82 Å². The largest absolute Gasteiger partial charge is 0.385 e. The molecule has 1 aliphatic carbocycles. The number of hydrogen-bond acceptors (Lipinski definition) is 3. The summed E-state index contributed by atoms with van der Waals surface area (Å²) < 4.78 is 0. The molecule has 132 valence electrons. The van der Waals surface area contributed by atoms with Crippen molar-refractivity contribution in [2.24, 2.45) is 5.92 Å². The molecule has 25 heavy (non-hydrogen) atoms. The summed E-state index contributed by atoms with van der Waals surface area (Å²) in [7, 11) is 0. The quantitative estimate of drug-likeness (QED) is 0.908. The number of anilines is 1. The van der Waals surface area contributed by atoms with Crippen LogP contribution < -0.4 is 4.90 Å². The van der Waals surface area contributed by atoms with Gasteiger partial charge in [0, 0.05) is 24.7 Å². The zero-order valence-electron chi connectivity index (χ0n) is 15.1. The Labute approximate surface area is 150 Å². The molecule has 0 amide bonds. The number of aliphatic hydroxyl groups is 1. The average Bonchev–Trinajstić information content (AvgIpc) is 2.69. The standard InChI is InChI=1S/C22H28N2O/c1-2-17-12-14-23-21(16-17)24-15-13-22(25,18-8-4-3-5-9-18)19-10-6-7-11-20(19)24/h3-5,8-9,12,14,16,19-20,25H,2,6-7,10-11,13,15H2,1H3. The minimum atomic E-state index is -0.703. The van der Waals surface area contributed by atoms with Crippen molar-refractivity contribution in [1.82, 2.24) is 4.98 Å². The number of aromatic nitrogens is 1. The summed E-state index contributed by atoms with van der Waals surface area (Å²) in [5, 5.41) is 11.7. The van der Waals surface area contributed by atoms with Crippen LogP contribution in [0.4, 0.5) is 5.82 Å². The van der Waals surface area contributed by atoms with E-state index >= 15 is 0 Å². The molecule has 1 saturated carbocycles.